The second-order valence-electron chi connectivity index (χ2n) is 7.23. The molecule has 4 rings (SSSR count). The van der Waals surface area contributed by atoms with Crippen molar-refractivity contribution in [2.24, 2.45) is 14.1 Å². The summed E-state index contributed by atoms with van der Waals surface area (Å²) in [7, 11) is 2.67. The van der Waals surface area contributed by atoms with Crippen molar-refractivity contribution in [3.8, 4) is 17.5 Å². The molecule has 178 valence electrons. The van der Waals surface area contributed by atoms with Crippen LogP contribution in [0.15, 0.2) is 52.1 Å². The Morgan fingerprint density at radius 2 is 1.74 bits per heavy atom. The molecule has 34 heavy (non-hydrogen) atoms. The minimum absolute atomic E-state index is 0.0276. The Morgan fingerprint density at radius 1 is 1.03 bits per heavy atom. The molecule has 0 fully saturated rings. The molecule has 4 aromatic rings. The number of imidazole rings is 1. The number of nitrogens with zero attached hydrogens (tertiary/aromatic N) is 4. The number of ether oxygens (including phenoxy) is 2. The molecular formula is C21H15ClF4N4O4. The number of fused-ring (bicyclic) bond motifs is 1. The molecule has 0 saturated carbocycles. The molecule has 0 aliphatic rings. The Balaban J connectivity index is 1.87. The molecular weight excluding hydrogens is 484 g/mol. The maximum absolute atomic E-state index is 14.0. The van der Waals surface area contributed by atoms with Gasteiger partial charge in [0.25, 0.3) is 5.56 Å². The van der Waals surface area contributed by atoms with Gasteiger partial charge in [-0.15, -0.1) is 13.2 Å². The van der Waals surface area contributed by atoms with Crippen molar-refractivity contribution in [2.75, 3.05) is 0 Å². The lowest BCUT2D eigenvalue weighted by atomic mass is 10.2. The SMILES string of the molecule is Cn1c(=O)c2c(nc(Oc3cccc(OC(F)(F)F)c3)n2Cc2ccc(Cl)c(F)c2)n(C)c1=O. The molecule has 0 aliphatic carbocycles. The Hall–Kier alpha value is -3.80. The third-order valence-electron chi connectivity index (χ3n) is 4.89. The molecule has 8 nitrogen and oxygen atoms in total. The number of hydrogen-bond acceptors (Lipinski definition) is 5. The van der Waals surface area contributed by atoms with E-state index in [0.29, 0.717) is 5.56 Å². The third kappa shape index (κ3) is 4.49. The molecule has 2 aromatic heterocycles. The summed E-state index contributed by atoms with van der Waals surface area (Å²) in [6.07, 6.45) is -4.91. The fourth-order valence-corrected chi connectivity index (χ4v) is 3.43. The van der Waals surface area contributed by atoms with Gasteiger partial charge in [-0.1, -0.05) is 23.7 Å². The van der Waals surface area contributed by atoms with E-state index in [9.17, 15) is 27.2 Å². The molecule has 0 unspecified atom stereocenters. The molecule has 0 saturated heterocycles. The first-order chi connectivity index (χ1) is 15.9. The van der Waals surface area contributed by atoms with Crippen molar-refractivity contribution in [3.63, 3.8) is 0 Å². The number of alkyl halides is 3. The van der Waals surface area contributed by atoms with E-state index >= 15 is 0 Å². The van der Waals surface area contributed by atoms with E-state index in [4.69, 9.17) is 16.3 Å². The van der Waals surface area contributed by atoms with Gasteiger partial charge in [0.1, 0.15) is 17.3 Å². The quantitative estimate of drug-likeness (QED) is 0.389. The molecule has 0 amide bonds. The predicted molar refractivity (Wildman–Crippen MR) is 114 cm³/mol. The third-order valence-corrected chi connectivity index (χ3v) is 5.19. The van der Waals surface area contributed by atoms with Crippen LogP contribution in [0.3, 0.4) is 0 Å². The Morgan fingerprint density at radius 3 is 2.41 bits per heavy atom. The maximum atomic E-state index is 14.0. The summed E-state index contributed by atoms with van der Waals surface area (Å²) in [5.41, 5.74) is -1.01. The van der Waals surface area contributed by atoms with Gasteiger partial charge in [-0.05, 0) is 29.8 Å². The number of rotatable bonds is 5. The lowest BCUT2D eigenvalue weighted by molar-refractivity contribution is -0.274. The van der Waals surface area contributed by atoms with Gasteiger partial charge in [0, 0.05) is 20.2 Å². The van der Waals surface area contributed by atoms with Crippen molar-refractivity contribution >= 4 is 22.8 Å². The highest BCUT2D eigenvalue weighted by Crippen LogP contribution is 2.30. The Kier molecular flexibility index (Phi) is 5.86. The largest absolute Gasteiger partial charge is 0.573 e. The summed E-state index contributed by atoms with van der Waals surface area (Å²) in [5, 5.41) is -0.101. The average Bonchev–Trinajstić information content (AvgIpc) is 3.10. The lowest BCUT2D eigenvalue weighted by Crippen LogP contribution is -2.37. The Labute approximate surface area is 193 Å². The molecule has 0 N–H and O–H groups in total. The van der Waals surface area contributed by atoms with Gasteiger partial charge in [-0.3, -0.25) is 18.5 Å². The van der Waals surface area contributed by atoms with E-state index in [-0.39, 0.29) is 34.5 Å². The molecule has 2 heterocycles. The van der Waals surface area contributed by atoms with Crippen LogP contribution in [0.5, 0.6) is 17.5 Å². The molecule has 13 heteroatoms. The molecule has 0 spiro atoms. The molecule has 0 bridgehead atoms. The number of aromatic nitrogens is 4. The van der Waals surface area contributed by atoms with Crippen molar-refractivity contribution in [3.05, 3.63) is 79.7 Å². The van der Waals surface area contributed by atoms with Crippen LogP contribution in [0.1, 0.15) is 5.56 Å². The van der Waals surface area contributed by atoms with Crippen LogP contribution in [0.2, 0.25) is 5.02 Å². The predicted octanol–water partition coefficient (Wildman–Crippen LogP) is 3.97. The topological polar surface area (TPSA) is 80.3 Å². The highest BCUT2D eigenvalue weighted by molar-refractivity contribution is 6.30. The average molecular weight is 499 g/mol. The van der Waals surface area contributed by atoms with Gasteiger partial charge in [0.2, 0.25) is 0 Å². The summed E-state index contributed by atoms with van der Waals surface area (Å²) in [6.45, 7) is -0.119. The van der Waals surface area contributed by atoms with Gasteiger partial charge in [0.15, 0.2) is 11.2 Å². The fourth-order valence-electron chi connectivity index (χ4n) is 3.31. The smallest absolute Gasteiger partial charge is 0.425 e. The van der Waals surface area contributed by atoms with E-state index in [1.807, 2.05) is 0 Å². The number of benzene rings is 2. The second-order valence-corrected chi connectivity index (χ2v) is 7.64. The summed E-state index contributed by atoms with van der Waals surface area (Å²) in [4.78, 5) is 29.5. The molecule has 0 radical (unpaired) electrons. The van der Waals surface area contributed by atoms with Crippen molar-refractivity contribution in [1.29, 1.82) is 0 Å². The summed E-state index contributed by atoms with van der Waals surface area (Å²) in [5.74, 6) is -1.30. The van der Waals surface area contributed by atoms with Gasteiger partial charge in [0.05, 0.1) is 11.6 Å². The van der Waals surface area contributed by atoms with E-state index < -0.39 is 29.2 Å². The molecule has 2 aromatic carbocycles. The van der Waals surface area contributed by atoms with E-state index in [2.05, 4.69) is 9.72 Å². The monoisotopic (exact) mass is 498 g/mol. The van der Waals surface area contributed by atoms with E-state index in [1.54, 1.807) is 0 Å². The van der Waals surface area contributed by atoms with Crippen LogP contribution < -0.4 is 20.7 Å². The van der Waals surface area contributed by atoms with Crippen LogP contribution >= 0.6 is 11.6 Å². The molecule has 0 atom stereocenters. The van der Waals surface area contributed by atoms with E-state index in [0.717, 1.165) is 27.3 Å². The number of halogens is 5. The van der Waals surface area contributed by atoms with Gasteiger partial charge >= 0.3 is 18.1 Å². The fraction of sp³-hybridized carbons (Fsp3) is 0.190. The van der Waals surface area contributed by atoms with E-state index in [1.165, 1.54) is 42.9 Å². The first-order valence-corrected chi connectivity index (χ1v) is 9.96. The van der Waals surface area contributed by atoms with Crippen molar-refractivity contribution < 1.29 is 27.0 Å². The Bertz CT molecular complexity index is 1520. The summed E-state index contributed by atoms with van der Waals surface area (Å²) >= 11 is 5.74. The normalized spacial score (nSPS) is 11.7. The van der Waals surface area contributed by atoms with Crippen LogP contribution in [-0.4, -0.2) is 25.0 Å². The highest BCUT2D eigenvalue weighted by Gasteiger charge is 2.31. The summed E-state index contributed by atoms with van der Waals surface area (Å²) in [6, 6.07) is 8.48. The second kappa shape index (κ2) is 8.52. The first kappa shape index (κ1) is 23.4. The zero-order valence-electron chi connectivity index (χ0n) is 17.6. The minimum Gasteiger partial charge on any atom is -0.425 e. The number of hydrogen-bond donors (Lipinski definition) is 0. The van der Waals surface area contributed by atoms with Gasteiger partial charge < -0.3 is 9.47 Å². The van der Waals surface area contributed by atoms with Crippen LogP contribution in [0.25, 0.3) is 11.2 Å². The van der Waals surface area contributed by atoms with Gasteiger partial charge in [-0.25, -0.2) is 9.18 Å². The number of aryl methyl sites for hydroxylation is 1. The maximum Gasteiger partial charge on any atom is 0.573 e. The highest BCUT2D eigenvalue weighted by atomic mass is 35.5. The van der Waals surface area contributed by atoms with Crippen LogP contribution in [0.4, 0.5) is 17.6 Å². The van der Waals surface area contributed by atoms with Crippen LogP contribution in [0, 0.1) is 5.82 Å². The van der Waals surface area contributed by atoms with Crippen LogP contribution in [-0.2, 0) is 20.6 Å². The van der Waals surface area contributed by atoms with Crippen molar-refractivity contribution in [2.45, 2.75) is 12.9 Å². The first-order valence-electron chi connectivity index (χ1n) is 9.58. The standard InChI is InChI=1S/C21H15ClF4N4O4/c1-28-17-16(18(31)29(2)20(28)32)30(10-11-6-7-14(22)15(23)8-11)19(27-17)33-12-4-3-5-13(9-12)34-21(24,25)26/h3-9H,10H2,1-2H3. The van der Waals surface area contributed by atoms with Gasteiger partial charge in [-0.2, -0.15) is 4.98 Å². The lowest BCUT2D eigenvalue weighted by Gasteiger charge is -2.12. The summed E-state index contributed by atoms with van der Waals surface area (Å²) < 4.78 is 64.6. The minimum atomic E-state index is -4.91. The van der Waals surface area contributed by atoms with Crippen molar-refractivity contribution in [1.82, 2.24) is 18.7 Å². The zero-order valence-corrected chi connectivity index (χ0v) is 18.3. The zero-order chi connectivity index (χ0) is 24.8. The molecule has 0 aliphatic heterocycles.